The summed E-state index contributed by atoms with van der Waals surface area (Å²) in [5.41, 5.74) is 2.94. The molecule has 168 valence electrons. The highest BCUT2D eigenvalue weighted by molar-refractivity contribution is 5.91. The van der Waals surface area contributed by atoms with Gasteiger partial charge in [0.1, 0.15) is 17.8 Å². The molecule has 1 saturated carbocycles. The number of carbonyl (C=O) groups is 1. The lowest BCUT2D eigenvalue weighted by atomic mass is 9.94. The minimum absolute atomic E-state index is 0.00364. The maximum Gasteiger partial charge on any atom is 0.231 e. The van der Waals surface area contributed by atoms with Crippen LogP contribution < -0.4 is 14.8 Å². The summed E-state index contributed by atoms with van der Waals surface area (Å²) < 4.78 is 12.1. The number of methoxy groups -OCH3 is 2. The summed E-state index contributed by atoms with van der Waals surface area (Å²) in [4.78, 5) is 22.3. The Morgan fingerprint density at radius 1 is 1.03 bits per heavy atom. The number of carbonyl (C=O) groups excluding carboxylic acids is 1. The minimum atomic E-state index is -0.483. The molecular formula is C25H25N5O3. The van der Waals surface area contributed by atoms with Crippen LogP contribution in [0.25, 0.3) is 16.9 Å². The van der Waals surface area contributed by atoms with Crippen molar-refractivity contribution < 1.29 is 14.3 Å². The summed E-state index contributed by atoms with van der Waals surface area (Å²) in [6.07, 6.45) is 3.29. The van der Waals surface area contributed by atoms with Crippen molar-refractivity contribution in [1.29, 1.82) is 0 Å². The van der Waals surface area contributed by atoms with Gasteiger partial charge >= 0.3 is 0 Å². The Balaban J connectivity index is 1.33. The van der Waals surface area contributed by atoms with Crippen LogP contribution in [0.4, 0.5) is 0 Å². The first kappa shape index (κ1) is 20.9. The molecule has 1 atom stereocenters. The van der Waals surface area contributed by atoms with Gasteiger partial charge in [0, 0.05) is 11.6 Å². The smallest absolute Gasteiger partial charge is 0.231 e. The van der Waals surface area contributed by atoms with E-state index in [-0.39, 0.29) is 11.9 Å². The Morgan fingerprint density at radius 2 is 1.67 bits per heavy atom. The molecule has 33 heavy (non-hydrogen) atoms. The van der Waals surface area contributed by atoms with E-state index in [9.17, 15) is 4.79 Å². The van der Waals surface area contributed by atoms with E-state index < -0.39 is 5.41 Å². The van der Waals surface area contributed by atoms with Gasteiger partial charge in [0.15, 0.2) is 11.5 Å². The zero-order valence-corrected chi connectivity index (χ0v) is 18.8. The Hall–Kier alpha value is -3.94. The van der Waals surface area contributed by atoms with Gasteiger partial charge in [0.25, 0.3) is 0 Å². The molecule has 1 N–H and O–H groups in total. The molecule has 0 radical (unpaired) electrons. The maximum atomic E-state index is 13.1. The fourth-order valence-electron chi connectivity index (χ4n) is 4.00. The van der Waals surface area contributed by atoms with Crippen LogP contribution in [-0.2, 0) is 10.2 Å². The second kappa shape index (κ2) is 8.20. The van der Waals surface area contributed by atoms with E-state index >= 15 is 0 Å². The van der Waals surface area contributed by atoms with E-state index in [1.54, 1.807) is 25.1 Å². The quantitative estimate of drug-likeness (QED) is 0.468. The number of hydrogen-bond acceptors (Lipinski definition) is 6. The van der Waals surface area contributed by atoms with E-state index in [0.717, 1.165) is 41.2 Å². The average Bonchev–Trinajstić information content (AvgIpc) is 3.56. The summed E-state index contributed by atoms with van der Waals surface area (Å²) in [5, 5.41) is 7.62. The van der Waals surface area contributed by atoms with Crippen molar-refractivity contribution in [2.24, 2.45) is 0 Å². The molecule has 0 spiro atoms. The molecule has 0 aliphatic heterocycles. The van der Waals surface area contributed by atoms with Crippen LogP contribution >= 0.6 is 0 Å². The fourth-order valence-corrected chi connectivity index (χ4v) is 4.00. The SMILES string of the molecule is COc1ccc(-c2cc3nc([C@@H](C)NC(=O)C4(c5ccc(OC)cc5)CC4)nn3cn2)cc1. The van der Waals surface area contributed by atoms with E-state index in [2.05, 4.69) is 20.4 Å². The highest BCUT2D eigenvalue weighted by Crippen LogP contribution is 2.49. The van der Waals surface area contributed by atoms with Gasteiger partial charge in [-0.05, 0) is 61.7 Å². The van der Waals surface area contributed by atoms with E-state index in [1.807, 2.05) is 61.5 Å². The van der Waals surface area contributed by atoms with Gasteiger partial charge in [-0.1, -0.05) is 12.1 Å². The zero-order chi connectivity index (χ0) is 23.0. The standard InChI is InChI=1S/C25H25N5O3/c1-16(27-24(31)25(12-13-25)18-6-10-20(33-3)11-7-18)23-28-22-14-21(26-15-30(22)29-23)17-4-8-19(32-2)9-5-17/h4-11,14-16H,12-13H2,1-3H3,(H,27,31)/t16-/m1/s1. The number of hydrogen-bond donors (Lipinski definition) is 1. The molecular weight excluding hydrogens is 418 g/mol. The Labute approximate surface area is 191 Å². The van der Waals surface area contributed by atoms with Crippen LogP contribution in [0.1, 0.15) is 37.2 Å². The summed E-state index contributed by atoms with van der Waals surface area (Å²) in [7, 11) is 3.27. The van der Waals surface area contributed by atoms with Gasteiger partial charge in [0.2, 0.25) is 5.91 Å². The molecule has 2 aromatic carbocycles. The lowest BCUT2D eigenvalue weighted by Crippen LogP contribution is -2.36. The van der Waals surface area contributed by atoms with Crippen molar-refractivity contribution in [1.82, 2.24) is 24.9 Å². The molecule has 2 heterocycles. The first-order valence-corrected chi connectivity index (χ1v) is 10.8. The first-order valence-electron chi connectivity index (χ1n) is 10.8. The van der Waals surface area contributed by atoms with Gasteiger partial charge in [0.05, 0.1) is 31.4 Å². The molecule has 2 aromatic heterocycles. The van der Waals surface area contributed by atoms with Crippen molar-refractivity contribution in [3.63, 3.8) is 0 Å². The summed E-state index contributed by atoms with van der Waals surface area (Å²) >= 11 is 0. The van der Waals surface area contributed by atoms with Gasteiger partial charge < -0.3 is 14.8 Å². The molecule has 8 heteroatoms. The summed E-state index contributed by atoms with van der Waals surface area (Å²) in [6, 6.07) is 16.9. The number of benzene rings is 2. The lowest BCUT2D eigenvalue weighted by Gasteiger charge is -2.18. The molecule has 1 aliphatic carbocycles. The first-order chi connectivity index (χ1) is 16.0. The molecule has 8 nitrogen and oxygen atoms in total. The number of ether oxygens (including phenoxy) is 2. The van der Waals surface area contributed by atoms with Crippen LogP contribution in [-0.4, -0.2) is 39.7 Å². The predicted octanol–water partition coefficient (Wildman–Crippen LogP) is 3.72. The van der Waals surface area contributed by atoms with Gasteiger partial charge in [-0.15, -0.1) is 5.10 Å². The van der Waals surface area contributed by atoms with Crippen molar-refractivity contribution in [3.05, 3.63) is 72.3 Å². The van der Waals surface area contributed by atoms with Crippen LogP contribution in [0, 0.1) is 0 Å². The number of amides is 1. The third-order valence-electron chi connectivity index (χ3n) is 6.19. The largest absolute Gasteiger partial charge is 0.497 e. The molecule has 0 saturated heterocycles. The molecule has 1 amide bonds. The Kier molecular flexibility index (Phi) is 5.20. The van der Waals surface area contributed by atoms with Crippen molar-refractivity contribution >= 4 is 11.6 Å². The lowest BCUT2D eigenvalue weighted by molar-refractivity contribution is -0.124. The Bertz CT molecular complexity index is 1290. The number of nitrogens with zero attached hydrogens (tertiary/aromatic N) is 4. The number of aromatic nitrogens is 4. The van der Waals surface area contributed by atoms with E-state index in [4.69, 9.17) is 9.47 Å². The molecule has 1 aliphatic rings. The minimum Gasteiger partial charge on any atom is -0.497 e. The zero-order valence-electron chi connectivity index (χ0n) is 18.8. The van der Waals surface area contributed by atoms with Crippen LogP contribution in [0.3, 0.4) is 0 Å². The molecule has 0 bridgehead atoms. The second-order valence-corrected chi connectivity index (χ2v) is 8.28. The van der Waals surface area contributed by atoms with Crippen molar-refractivity contribution in [2.75, 3.05) is 14.2 Å². The monoisotopic (exact) mass is 443 g/mol. The Morgan fingerprint density at radius 3 is 2.27 bits per heavy atom. The number of rotatable bonds is 7. The van der Waals surface area contributed by atoms with E-state index in [1.165, 1.54) is 0 Å². The van der Waals surface area contributed by atoms with Gasteiger partial charge in [-0.2, -0.15) is 0 Å². The van der Waals surface area contributed by atoms with Crippen LogP contribution in [0.2, 0.25) is 0 Å². The average molecular weight is 444 g/mol. The summed E-state index contributed by atoms with van der Waals surface area (Å²) in [5.74, 6) is 2.11. The molecule has 1 fully saturated rings. The summed E-state index contributed by atoms with van der Waals surface area (Å²) in [6.45, 7) is 1.90. The second-order valence-electron chi connectivity index (χ2n) is 8.28. The third kappa shape index (κ3) is 3.88. The molecule has 5 rings (SSSR count). The van der Waals surface area contributed by atoms with Gasteiger partial charge in [-0.3, -0.25) is 4.79 Å². The number of fused-ring (bicyclic) bond motifs is 1. The van der Waals surface area contributed by atoms with Crippen LogP contribution in [0.15, 0.2) is 60.9 Å². The maximum absolute atomic E-state index is 13.1. The molecule has 0 unspecified atom stereocenters. The van der Waals surface area contributed by atoms with Crippen molar-refractivity contribution in [3.8, 4) is 22.8 Å². The molecule has 4 aromatic rings. The van der Waals surface area contributed by atoms with Crippen molar-refractivity contribution in [2.45, 2.75) is 31.2 Å². The van der Waals surface area contributed by atoms with Gasteiger partial charge in [-0.25, -0.2) is 14.5 Å². The predicted molar refractivity (Wildman–Crippen MR) is 123 cm³/mol. The number of nitrogens with one attached hydrogen (secondary N) is 1. The van der Waals surface area contributed by atoms with E-state index in [0.29, 0.717) is 11.5 Å². The fraction of sp³-hybridized carbons (Fsp3) is 0.280. The third-order valence-corrected chi connectivity index (χ3v) is 6.19. The topological polar surface area (TPSA) is 90.6 Å². The highest BCUT2D eigenvalue weighted by atomic mass is 16.5. The van der Waals surface area contributed by atoms with Crippen LogP contribution in [0.5, 0.6) is 11.5 Å². The normalized spacial score (nSPS) is 15.1. The highest BCUT2D eigenvalue weighted by Gasteiger charge is 2.51.